The van der Waals surface area contributed by atoms with Crippen LogP contribution in [0.15, 0.2) is 34.8 Å². The monoisotopic (exact) mass is 516 g/mol. The van der Waals surface area contributed by atoms with Gasteiger partial charge in [-0.3, -0.25) is 14.5 Å². The second-order valence-corrected chi connectivity index (χ2v) is 10.0. The Morgan fingerprint density at radius 2 is 2.26 bits per heavy atom. The van der Waals surface area contributed by atoms with Crippen LogP contribution in [0, 0.1) is 0 Å². The largest absolute Gasteiger partial charge is 0.477 e. The van der Waals surface area contributed by atoms with Gasteiger partial charge in [-0.1, -0.05) is 5.16 Å². The molecule has 12 nitrogen and oxygen atoms in total. The van der Waals surface area contributed by atoms with E-state index < -0.39 is 29.2 Å². The van der Waals surface area contributed by atoms with Gasteiger partial charge in [0.15, 0.2) is 23.6 Å². The number of anilines is 1. The molecule has 182 valence electrons. The zero-order valence-electron chi connectivity index (χ0n) is 18.6. The Morgan fingerprint density at radius 1 is 1.43 bits per heavy atom. The van der Waals surface area contributed by atoms with Gasteiger partial charge in [-0.25, -0.2) is 4.79 Å². The van der Waals surface area contributed by atoms with Crippen LogP contribution in [0.25, 0.3) is 0 Å². The van der Waals surface area contributed by atoms with E-state index in [0.717, 1.165) is 30.8 Å². The first-order chi connectivity index (χ1) is 16.9. The first-order valence-corrected chi connectivity index (χ1v) is 12.6. The lowest BCUT2D eigenvalue weighted by Crippen LogP contribution is -2.71. The maximum absolute atomic E-state index is 13.0. The standard InChI is InChI=1S/C21H21N7O5S2/c1-33-25-13(16-24-21(22)35-26-16)17(29)23-14-18(30)28-15(20(31)32)11(9-34-19(14)28)8-27-7-3-5-10-4-2-6-12(10)27/h3,5,7,14,19H,2,4,6,8-9H2,1H3,(H3-,22,23,24,26,29,31,32)/p+1/b25-13-/t14-,19-/m1/s1. The highest BCUT2D eigenvalue weighted by Crippen LogP contribution is 2.40. The molecule has 0 aromatic carbocycles. The van der Waals surface area contributed by atoms with Crippen molar-refractivity contribution in [1.29, 1.82) is 0 Å². The number of oxime groups is 1. The Hall–Kier alpha value is -3.52. The van der Waals surface area contributed by atoms with E-state index >= 15 is 0 Å². The number of aryl methyl sites for hydroxylation is 1. The molecule has 2 aromatic rings. The average molecular weight is 517 g/mol. The Labute approximate surface area is 208 Å². The van der Waals surface area contributed by atoms with Gasteiger partial charge >= 0.3 is 5.97 Å². The van der Waals surface area contributed by atoms with Crippen LogP contribution in [0.5, 0.6) is 0 Å². The van der Waals surface area contributed by atoms with Gasteiger partial charge in [0.2, 0.25) is 11.5 Å². The van der Waals surface area contributed by atoms with Crippen molar-refractivity contribution in [2.24, 2.45) is 5.16 Å². The van der Waals surface area contributed by atoms with E-state index in [9.17, 15) is 19.5 Å². The number of β-lactam (4-membered cyclic amide) rings is 1. The van der Waals surface area contributed by atoms with E-state index in [4.69, 9.17) is 10.6 Å². The summed E-state index contributed by atoms with van der Waals surface area (Å²) in [5.41, 5.74) is 8.49. The van der Waals surface area contributed by atoms with Gasteiger partial charge in [-0.15, -0.1) is 11.8 Å². The summed E-state index contributed by atoms with van der Waals surface area (Å²) in [4.78, 5) is 48.0. The molecule has 5 rings (SSSR count). The molecule has 2 amide bonds. The second kappa shape index (κ2) is 9.26. The summed E-state index contributed by atoms with van der Waals surface area (Å²) in [7, 11) is 1.27. The third-order valence-corrected chi connectivity index (χ3v) is 7.97. The fourth-order valence-electron chi connectivity index (χ4n) is 4.59. The SMILES string of the molecule is CO/N=C(\C(=O)N[C@@H]1C(=O)N2C(C(=O)O)=C(C[n+]3cccc4c3CCC4)CS[C@H]12)c1nsc(N)n1. The third-order valence-electron chi connectivity index (χ3n) is 6.09. The fraction of sp³-hybridized carbons (Fsp3) is 0.381. The predicted molar refractivity (Wildman–Crippen MR) is 126 cm³/mol. The number of hydrogen-bond donors (Lipinski definition) is 3. The van der Waals surface area contributed by atoms with E-state index in [0.29, 0.717) is 17.9 Å². The third kappa shape index (κ3) is 4.12. The number of carbonyl (C=O) groups excluding carboxylic acids is 2. The highest BCUT2D eigenvalue weighted by molar-refractivity contribution is 8.00. The van der Waals surface area contributed by atoms with Crippen molar-refractivity contribution in [1.82, 2.24) is 19.6 Å². The highest BCUT2D eigenvalue weighted by atomic mass is 32.2. The number of thioether (sulfide) groups is 1. The number of fused-ring (bicyclic) bond motifs is 2. The molecule has 2 aromatic heterocycles. The van der Waals surface area contributed by atoms with Gasteiger partial charge in [-0.2, -0.15) is 13.9 Å². The smallest absolute Gasteiger partial charge is 0.352 e. The number of aliphatic carboxylic acids is 1. The molecule has 14 heteroatoms. The zero-order valence-corrected chi connectivity index (χ0v) is 20.3. The molecule has 2 atom stereocenters. The molecular weight excluding hydrogens is 494 g/mol. The minimum Gasteiger partial charge on any atom is -0.477 e. The molecule has 0 radical (unpaired) electrons. The van der Waals surface area contributed by atoms with Crippen molar-refractivity contribution < 1.29 is 28.9 Å². The molecule has 1 fully saturated rings. The predicted octanol–water partition coefficient (Wildman–Crippen LogP) is -0.314. The lowest BCUT2D eigenvalue weighted by Gasteiger charge is -2.49. The molecule has 4 N–H and O–H groups in total. The van der Waals surface area contributed by atoms with Crippen LogP contribution in [0.1, 0.15) is 23.5 Å². The van der Waals surface area contributed by atoms with Gasteiger partial charge in [0.05, 0.1) is 0 Å². The van der Waals surface area contributed by atoms with Crippen LogP contribution >= 0.6 is 23.3 Å². The summed E-state index contributed by atoms with van der Waals surface area (Å²) in [5.74, 6) is -1.99. The number of carbonyl (C=O) groups is 3. The van der Waals surface area contributed by atoms with Crippen molar-refractivity contribution in [3.63, 3.8) is 0 Å². The van der Waals surface area contributed by atoms with Gasteiger partial charge in [0, 0.05) is 40.9 Å². The van der Waals surface area contributed by atoms with Crippen LogP contribution in [0.4, 0.5) is 5.13 Å². The summed E-state index contributed by atoms with van der Waals surface area (Å²) in [5, 5.41) is 15.9. The number of hydrogen-bond acceptors (Lipinski definition) is 10. The van der Waals surface area contributed by atoms with Crippen LogP contribution < -0.4 is 15.6 Å². The topological polar surface area (TPSA) is 164 Å². The molecular formula is C21H22N7O5S2+. The molecule has 3 aliphatic rings. The molecule has 0 bridgehead atoms. The number of aromatic nitrogens is 3. The fourth-order valence-corrected chi connectivity index (χ4v) is 6.36. The van der Waals surface area contributed by atoms with Crippen LogP contribution in [0.3, 0.4) is 0 Å². The van der Waals surface area contributed by atoms with Crippen LogP contribution in [-0.2, 0) is 38.6 Å². The van der Waals surface area contributed by atoms with Gasteiger partial charge in [-0.05, 0) is 18.9 Å². The Bertz CT molecular complexity index is 1290. The number of pyridine rings is 1. The number of carboxylic acid groups (broad SMARTS) is 1. The number of nitrogens with two attached hydrogens (primary N) is 1. The number of nitrogens with zero attached hydrogens (tertiary/aromatic N) is 5. The van der Waals surface area contributed by atoms with Crippen molar-refractivity contribution in [3.05, 3.63) is 46.7 Å². The molecule has 1 saturated heterocycles. The minimum atomic E-state index is -1.17. The van der Waals surface area contributed by atoms with Gasteiger partial charge in [0.1, 0.15) is 24.2 Å². The number of amides is 2. The maximum atomic E-state index is 13.0. The Kier molecular flexibility index (Phi) is 6.15. The van der Waals surface area contributed by atoms with Crippen LogP contribution in [0.2, 0.25) is 0 Å². The van der Waals surface area contributed by atoms with E-state index in [1.165, 1.54) is 35.0 Å². The first-order valence-electron chi connectivity index (χ1n) is 10.8. The number of nitrogens with one attached hydrogen (secondary N) is 1. The molecule has 2 aliphatic heterocycles. The first kappa shape index (κ1) is 23.2. The van der Waals surface area contributed by atoms with Gasteiger partial charge in [0.25, 0.3) is 11.8 Å². The summed E-state index contributed by atoms with van der Waals surface area (Å²) in [6.45, 7) is 0.396. The number of nitrogen functional groups attached to an aromatic ring is 1. The van der Waals surface area contributed by atoms with Gasteiger partial charge < -0.3 is 21.0 Å². The summed E-state index contributed by atoms with van der Waals surface area (Å²) < 4.78 is 6.04. The maximum Gasteiger partial charge on any atom is 0.352 e. The van der Waals surface area contributed by atoms with E-state index in [1.807, 2.05) is 12.3 Å². The zero-order chi connectivity index (χ0) is 24.7. The molecule has 0 saturated carbocycles. The highest BCUT2D eigenvalue weighted by Gasteiger charge is 2.55. The van der Waals surface area contributed by atoms with E-state index in [2.05, 4.69) is 30.5 Å². The average Bonchev–Trinajstić information content (AvgIpc) is 3.49. The lowest BCUT2D eigenvalue weighted by molar-refractivity contribution is -0.696. The minimum absolute atomic E-state index is 0.0207. The quantitative estimate of drug-likeness (QED) is 0.194. The molecule has 4 heterocycles. The Balaban J connectivity index is 1.36. The lowest BCUT2D eigenvalue weighted by atomic mass is 10.0. The van der Waals surface area contributed by atoms with E-state index in [1.54, 1.807) is 0 Å². The normalized spacial score (nSPS) is 21.3. The number of carboxylic acids is 1. The molecule has 0 spiro atoms. The molecule has 0 unspecified atom stereocenters. The summed E-state index contributed by atoms with van der Waals surface area (Å²) >= 11 is 2.30. The molecule has 35 heavy (non-hydrogen) atoms. The van der Waals surface area contributed by atoms with E-state index in [-0.39, 0.29) is 22.4 Å². The van der Waals surface area contributed by atoms with Crippen molar-refractivity contribution in [3.8, 4) is 0 Å². The molecule has 1 aliphatic carbocycles. The van der Waals surface area contributed by atoms with Crippen LogP contribution in [-0.4, -0.2) is 67.1 Å². The van der Waals surface area contributed by atoms with Crippen molar-refractivity contribution >= 4 is 51.9 Å². The Morgan fingerprint density at radius 3 is 2.97 bits per heavy atom. The van der Waals surface area contributed by atoms with Crippen molar-refractivity contribution in [2.45, 2.75) is 37.2 Å². The summed E-state index contributed by atoms with van der Waals surface area (Å²) in [6, 6.07) is 3.14. The number of rotatable bonds is 7. The van der Waals surface area contributed by atoms with Crippen molar-refractivity contribution in [2.75, 3.05) is 18.6 Å². The summed E-state index contributed by atoms with van der Waals surface area (Å²) in [6.07, 6.45) is 4.99. The second-order valence-electron chi connectivity index (χ2n) is 8.16.